The Morgan fingerprint density at radius 1 is 1.03 bits per heavy atom. The van der Waals surface area contributed by atoms with Crippen molar-refractivity contribution >= 4 is 51.6 Å². The molecule has 0 fully saturated rings. The molecule has 0 radical (unpaired) electrons. The van der Waals surface area contributed by atoms with E-state index in [4.69, 9.17) is 14.2 Å². The molecule has 0 bridgehead atoms. The lowest BCUT2D eigenvalue weighted by Gasteiger charge is -2.18. The van der Waals surface area contributed by atoms with Crippen LogP contribution in [-0.4, -0.2) is 44.9 Å². The Bertz CT molecular complexity index is 1350. The third kappa shape index (κ3) is 6.31. The molecule has 1 atom stereocenters. The van der Waals surface area contributed by atoms with Gasteiger partial charge >= 0.3 is 5.97 Å². The Morgan fingerprint density at radius 3 is 2.55 bits per heavy atom. The topological polar surface area (TPSA) is 103 Å². The second-order valence-corrected chi connectivity index (χ2v) is 11.1. The molecular formula is C28H30N2O6S2. The van der Waals surface area contributed by atoms with Crippen molar-refractivity contribution in [3.05, 3.63) is 64.0 Å². The van der Waals surface area contributed by atoms with Gasteiger partial charge in [-0.15, -0.1) is 23.1 Å². The first-order chi connectivity index (χ1) is 18.3. The van der Waals surface area contributed by atoms with Gasteiger partial charge in [-0.2, -0.15) is 0 Å². The Morgan fingerprint density at radius 2 is 1.82 bits per heavy atom. The van der Waals surface area contributed by atoms with Crippen LogP contribution >= 0.6 is 23.1 Å². The van der Waals surface area contributed by atoms with Gasteiger partial charge in [0, 0.05) is 21.0 Å². The second-order valence-electron chi connectivity index (χ2n) is 8.94. The number of amides is 2. The number of methoxy groups -OCH3 is 3. The van der Waals surface area contributed by atoms with Crippen molar-refractivity contribution in [1.82, 2.24) is 0 Å². The zero-order valence-corrected chi connectivity index (χ0v) is 23.3. The van der Waals surface area contributed by atoms with Gasteiger partial charge in [-0.05, 0) is 67.1 Å². The van der Waals surface area contributed by atoms with E-state index in [1.807, 2.05) is 18.2 Å². The summed E-state index contributed by atoms with van der Waals surface area (Å²) in [4.78, 5) is 40.0. The van der Waals surface area contributed by atoms with Gasteiger partial charge < -0.3 is 24.8 Å². The first-order valence-corrected chi connectivity index (χ1v) is 13.9. The summed E-state index contributed by atoms with van der Waals surface area (Å²) >= 11 is 2.80. The maximum atomic E-state index is 12.8. The number of carbonyl (C=O) groups is 3. The van der Waals surface area contributed by atoms with Crippen molar-refractivity contribution in [1.29, 1.82) is 0 Å². The molecule has 38 heavy (non-hydrogen) atoms. The Hall–Kier alpha value is -3.50. The number of thioether (sulfide) groups is 1. The smallest absolute Gasteiger partial charge is 0.341 e. The van der Waals surface area contributed by atoms with Gasteiger partial charge in [0.1, 0.15) is 5.00 Å². The number of fused-ring (bicyclic) bond motifs is 1. The first-order valence-electron chi connectivity index (χ1n) is 12.1. The minimum Gasteiger partial charge on any atom is -0.493 e. The van der Waals surface area contributed by atoms with Crippen molar-refractivity contribution in [2.45, 2.75) is 31.1 Å². The number of benzene rings is 2. The number of rotatable bonds is 9. The van der Waals surface area contributed by atoms with Crippen molar-refractivity contribution in [3.8, 4) is 11.5 Å². The van der Waals surface area contributed by atoms with Crippen LogP contribution in [0.4, 0.5) is 10.7 Å². The average molecular weight is 555 g/mol. The molecule has 10 heteroatoms. The van der Waals surface area contributed by atoms with Crippen LogP contribution in [0.1, 0.15) is 44.5 Å². The van der Waals surface area contributed by atoms with Crippen molar-refractivity contribution in [3.63, 3.8) is 0 Å². The summed E-state index contributed by atoms with van der Waals surface area (Å²) < 4.78 is 15.5. The van der Waals surface area contributed by atoms with Gasteiger partial charge in [0.2, 0.25) is 5.91 Å². The summed E-state index contributed by atoms with van der Waals surface area (Å²) in [6.45, 7) is 2.19. The van der Waals surface area contributed by atoms with Crippen LogP contribution in [0.25, 0.3) is 0 Å². The highest BCUT2D eigenvalue weighted by Gasteiger charge is 2.28. The standard InChI is InChI=1S/C28H30N2O6S2/c1-16-8-10-20-23(12-16)38-27(25(20)28(33)36-4)30-24(31)15-37-19-7-5-6-18(14-19)29-26(32)17-9-11-21(34-2)22(13-17)35-3/h5-7,9,11,13-14,16H,8,10,12,15H2,1-4H3,(H,29,32)(H,30,31). The van der Waals surface area contributed by atoms with Crippen LogP contribution in [0.3, 0.4) is 0 Å². The van der Waals surface area contributed by atoms with E-state index in [9.17, 15) is 14.4 Å². The van der Waals surface area contributed by atoms with E-state index >= 15 is 0 Å². The molecule has 1 aromatic heterocycles. The highest BCUT2D eigenvalue weighted by Crippen LogP contribution is 2.40. The van der Waals surface area contributed by atoms with E-state index in [2.05, 4.69) is 17.6 Å². The van der Waals surface area contributed by atoms with Crippen molar-refractivity contribution < 1.29 is 28.6 Å². The van der Waals surface area contributed by atoms with E-state index in [1.165, 1.54) is 44.4 Å². The molecule has 0 saturated heterocycles. The zero-order valence-electron chi connectivity index (χ0n) is 21.7. The first kappa shape index (κ1) is 27.5. The van der Waals surface area contributed by atoms with Crippen LogP contribution in [0.15, 0.2) is 47.4 Å². The summed E-state index contributed by atoms with van der Waals surface area (Å²) in [5, 5.41) is 6.35. The average Bonchev–Trinajstić information content (AvgIpc) is 3.27. The van der Waals surface area contributed by atoms with Crippen molar-refractivity contribution in [2.75, 3.05) is 37.7 Å². The Labute approximate surface area is 230 Å². The summed E-state index contributed by atoms with van der Waals surface area (Å²) in [7, 11) is 4.41. The lowest BCUT2D eigenvalue weighted by atomic mass is 9.88. The normalized spacial score (nSPS) is 14.3. The van der Waals surface area contributed by atoms with E-state index < -0.39 is 5.97 Å². The molecule has 200 valence electrons. The number of nitrogens with one attached hydrogen (secondary N) is 2. The molecule has 4 rings (SSSR count). The highest BCUT2D eigenvalue weighted by atomic mass is 32.2. The second kappa shape index (κ2) is 12.4. The zero-order chi connectivity index (χ0) is 27.2. The highest BCUT2D eigenvalue weighted by molar-refractivity contribution is 8.00. The quantitative estimate of drug-likeness (QED) is 0.260. The van der Waals surface area contributed by atoms with Crippen LogP contribution in [0.5, 0.6) is 11.5 Å². The van der Waals surface area contributed by atoms with Crippen molar-refractivity contribution in [2.24, 2.45) is 5.92 Å². The predicted molar refractivity (Wildman–Crippen MR) is 150 cm³/mol. The summed E-state index contributed by atoms with van der Waals surface area (Å²) in [6.07, 6.45) is 2.72. The summed E-state index contributed by atoms with van der Waals surface area (Å²) in [5.74, 6) is 0.766. The lowest BCUT2D eigenvalue weighted by molar-refractivity contribution is -0.113. The third-order valence-electron chi connectivity index (χ3n) is 6.26. The fraction of sp³-hybridized carbons (Fsp3) is 0.321. The van der Waals surface area contributed by atoms with Crippen LogP contribution in [0.2, 0.25) is 0 Å². The number of thiophene rings is 1. The number of hydrogen-bond donors (Lipinski definition) is 2. The van der Waals surface area contributed by atoms with Gasteiger partial charge in [-0.3, -0.25) is 9.59 Å². The maximum absolute atomic E-state index is 12.8. The van der Waals surface area contributed by atoms with Gasteiger partial charge in [0.25, 0.3) is 5.91 Å². The molecule has 0 aliphatic heterocycles. The van der Waals surface area contributed by atoms with E-state index in [0.29, 0.717) is 39.2 Å². The van der Waals surface area contributed by atoms with E-state index in [-0.39, 0.29) is 17.6 Å². The molecule has 1 aliphatic carbocycles. The van der Waals surface area contributed by atoms with Gasteiger partial charge in [-0.25, -0.2) is 4.79 Å². The summed E-state index contributed by atoms with van der Waals surface area (Å²) in [5.41, 5.74) is 2.51. The van der Waals surface area contributed by atoms with Crippen LogP contribution < -0.4 is 20.1 Å². The minimum absolute atomic E-state index is 0.145. The molecule has 1 heterocycles. The van der Waals surface area contributed by atoms with E-state index in [0.717, 1.165) is 34.6 Å². The van der Waals surface area contributed by atoms with E-state index in [1.54, 1.807) is 24.3 Å². The molecule has 2 aromatic carbocycles. The molecule has 0 saturated carbocycles. The molecule has 1 aliphatic rings. The van der Waals surface area contributed by atoms with Crippen LogP contribution in [0, 0.1) is 5.92 Å². The molecule has 3 aromatic rings. The molecule has 2 N–H and O–H groups in total. The van der Waals surface area contributed by atoms with Gasteiger partial charge in [0.05, 0.1) is 32.6 Å². The number of esters is 1. The minimum atomic E-state index is -0.419. The SMILES string of the molecule is COC(=O)c1c(NC(=O)CSc2cccc(NC(=O)c3ccc(OC)c(OC)c3)c2)sc2c1CCC(C)C2. The van der Waals surface area contributed by atoms with Crippen LogP contribution in [-0.2, 0) is 22.4 Å². The monoisotopic (exact) mass is 554 g/mol. The maximum Gasteiger partial charge on any atom is 0.341 e. The Kier molecular flexibility index (Phi) is 8.96. The fourth-order valence-corrected chi connectivity index (χ4v) is 6.48. The fourth-order valence-electron chi connectivity index (χ4n) is 4.31. The number of anilines is 2. The summed E-state index contributed by atoms with van der Waals surface area (Å²) in [6, 6.07) is 12.2. The molecular weight excluding hydrogens is 524 g/mol. The lowest BCUT2D eigenvalue weighted by Crippen LogP contribution is -2.17. The Balaban J connectivity index is 1.39. The third-order valence-corrected chi connectivity index (χ3v) is 8.43. The number of ether oxygens (including phenoxy) is 3. The van der Waals surface area contributed by atoms with Gasteiger partial charge in [-0.1, -0.05) is 13.0 Å². The molecule has 2 amide bonds. The molecule has 8 nitrogen and oxygen atoms in total. The number of carbonyl (C=O) groups excluding carboxylic acids is 3. The largest absolute Gasteiger partial charge is 0.493 e. The van der Waals surface area contributed by atoms with Gasteiger partial charge in [0.15, 0.2) is 11.5 Å². The number of hydrogen-bond acceptors (Lipinski definition) is 8. The molecule has 1 unspecified atom stereocenters. The molecule has 0 spiro atoms. The predicted octanol–water partition coefficient (Wildman–Crippen LogP) is 5.66.